The number of aromatic hydroxyl groups is 1. The maximum absolute atomic E-state index is 14.4. The Morgan fingerprint density at radius 1 is 1.19 bits per heavy atom. The molecule has 0 radical (unpaired) electrons. The van der Waals surface area contributed by atoms with Crippen LogP contribution in [0.5, 0.6) is 12.0 Å². The molecule has 10 heteroatoms. The van der Waals surface area contributed by atoms with E-state index in [1.165, 1.54) is 0 Å². The Labute approximate surface area is 186 Å². The van der Waals surface area contributed by atoms with Crippen molar-refractivity contribution in [1.29, 1.82) is 0 Å². The molecule has 0 aliphatic carbocycles. The lowest BCUT2D eigenvalue weighted by molar-refractivity contribution is 0.0563. The summed E-state index contributed by atoms with van der Waals surface area (Å²) in [6.07, 6.45) is 1.47. The van der Waals surface area contributed by atoms with Gasteiger partial charge in [0.25, 0.3) is 6.01 Å². The molecular weight excluding hydrogens is 415 g/mol. The summed E-state index contributed by atoms with van der Waals surface area (Å²) in [5.41, 5.74) is 7.60. The number of ether oxygens (including phenoxy) is 2. The van der Waals surface area contributed by atoms with Crippen LogP contribution in [-0.2, 0) is 17.8 Å². The van der Waals surface area contributed by atoms with Crippen LogP contribution in [0.2, 0.25) is 0 Å². The summed E-state index contributed by atoms with van der Waals surface area (Å²) in [6, 6.07) is 7.90. The highest BCUT2D eigenvalue weighted by atomic mass is 19.1. The van der Waals surface area contributed by atoms with Gasteiger partial charge >= 0.3 is 6.01 Å². The summed E-state index contributed by atoms with van der Waals surface area (Å²) >= 11 is 0. The lowest BCUT2D eigenvalue weighted by atomic mass is 9.96. The topological polar surface area (TPSA) is 112 Å². The number of hydrogen-bond acceptors (Lipinski definition) is 8. The Kier molecular flexibility index (Phi) is 6.43. The highest BCUT2D eigenvalue weighted by Gasteiger charge is 2.30. The molecule has 1 aliphatic rings. The zero-order chi connectivity index (χ0) is 22.7. The molecule has 1 fully saturated rings. The van der Waals surface area contributed by atoms with Gasteiger partial charge in [-0.25, -0.2) is 4.39 Å². The number of imidazole rings is 1. The van der Waals surface area contributed by atoms with Gasteiger partial charge in [-0.15, -0.1) is 0 Å². The van der Waals surface area contributed by atoms with Gasteiger partial charge in [-0.3, -0.25) is 9.47 Å². The number of nitrogens with two attached hydrogens (primary N) is 1. The minimum atomic E-state index is -1.14. The number of nitrogens with zero attached hydrogens (tertiary/aromatic N) is 5. The summed E-state index contributed by atoms with van der Waals surface area (Å²) in [7, 11) is 1.57. The lowest BCUT2D eigenvalue weighted by Crippen LogP contribution is -2.42. The van der Waals surface area contributed by atoms with E-state index in [4.69, 9.17) is 15.2 Å². The molecule has 1 aromatic carbocycles. The number of hydrogen-bond donors (Lipinski definition) is 2. The second-order valence-electron chi connectivity index (χ2n) is 8.45. The second kappa shape index (κ2) is 9.25. The fraction of sp³-hybridized carbons (Fsp3) is 0.500. The van der Waals surface area contributed by atoms with Crippen LogP contribution < -0.4 is 10.5 Å². The Hall–Kier alpha value is -2.98. The number of aromatic nitrogens is 4. The first-order valence-electron chi connectivity index (χ1n) is 10.7. The van der Waals surface area contributed by atoms with E-state index < -0.39 is 5.67 Å². The van der Waals surface area contributed by atoms with Gasteiger partial charge in [-0.05, 0) is 37.4 Å². The van der Waals surface area contributed by atoms with Crippen molar-refractivity contribution in [1.82, 2.24) is 24.4 Å². The van der Waals surface area contributed by atoms with Crippen molar-refractivity contribution < 1.29 is 19.0 Å². The standard InChI is InChI=1S/C22H29FN6O3/c1-22(23)7-4-8-28(14-22)12-15-5-3-6-16(11-15)13-29-19-17(25-21(29)30)18(24)26-20(27-19)32-10-9-31-2/h3,5-6,11H,4,7-10,12-14H2,1-2H3,(H,25,30)(H2,24,26,27). The van der Waals surface area contributed by atoms with Crippen LogP contribution in [0, 0.1) is 0 Å². The highest BCUT2D eigenvalue weighted by molar-refractivity contribution is 5.83. The minimum Gasteiger partial charge on any atom is -0.480 e. The number of benzene rings is 1. The van der Waals surface area contributed by atoms with Crippen molar-refractivity contribution in [3.8, 4) is 12.0 Å². The fourth-order valence-electron chi connectivity index (χ4n) is 4.11. The largest absolute Gasteiger partial charge is 0.480 e. The summed E-state index contributed by atoms with van der Waals surface area (Å²) in [6.45, 7) is 4.67. The third kappa shape index (κ3) is 5.08. The van der Waals surface area contributed by atoms with E-state index in [2.05, 4.69) is 25.9 Å². The molecule has 3 N–H and O–H groups in total. The van der Waals surface area contributed by atoms with Crippen LogP contribution in [0.15, 0.2) is 24.3 Å². The molecule has 9 nitrogen and oxygen atoms in total. The normalized spacial score (nSPS) is 19.5. The molecule has 1 atom stereocenters. The molecule has 3 aromatic rings. The fourth-order valence-corrected chi connectivity index (χ4v) is 4.11. The van der Waals surface area contributed by atoms with Gasteiger partial charge in [-0.1, -0.05) is 24.3 Å². The summed E-state index contributed by atoms with van der Waals surface area (Å²) in [4.78, 5) is 14.7. The number of rotatable bonds is 8. The minimum absolute atomic E-state index is 0.0984. The lowest BCUT2D eigenvalue weighted by Gasteiger charge is -2.35. The Morgan fingerprint density at radius 3 is 2.72 bits per heavy atom. The molecule has 0 spiro atoms. The second-order valence-corrected chi connectivity index (χ2v) is 8.45. The van der Waals surface area contributed by atoms with Gasteiger partial charge < -0.3 is 20.3 Å². The van der Waals surface area contributed by atoms with E-state index in [0.29, 0.717) is 43.8 Å². The van der Waals surface area contributed by atoms with E-state index in [1.54, 1.807) is 18.6 Å². The molecule has 0 saturated carbocycles. The van der Waals surface area contributed by atoms with E-state index in [-0.39, 0.29) is 24.4 Å². The Morgan fingerprint density at radius 2 is 1.97 bits per heavy atom. The average Bonchev–Trinajstić information content (AvgIpc) is 3.04. The zero-order valence-electron chi connectivity index (χ0n) is 18.4. The number of fused-ring (bicyclic) bond motifs is 1. The molecule has 1 aliphatic heterocycles. The number of halogens is 1. The van der Waals surface area contributed by atoms with Gasteiger partial charge in [-0.2, -0.15) is 15.0 Å². The summed E-state index contributed by atoms with van der Waals surface area (Å²) < 4.78 is 26.4. The van der Waals surface area contributed by atoms with Gasteiger partial charge in [0.1, 0.15) is 12.3 Å². The Balaban J connectivity index is 1.55. The van der Waals surface area contributed by atoms with E-state index in [1.807, 2.05) is 18.2 Å². The van der Waals surface area contributed by atoms with E-state index >= 15 is 0 Å². The quantitative estimate of drug-likeness (QED) is 0.510. The number of anilines is 1. The summed E-state index contributed by atoms with van der Waals surface area (Å²) in [5, 5.41) is 10.4. The first-order chi connectivity index (χ1) is 15.3. The third-order valence-corrected chi connectivity index (χ3v) is 5.56. The molecule has 1 unspecified atom stereocenters. The monoisotopic (exact) mass is 444 g/mol. The number of alkyl halides is 1. The molecule has 0 amide bonds. The summed E-state index contributed by atoms with van der Waals surface area (Å²) in [5.74, 6) is 0.129. The maximum atomic E-state index is 14.4. The molecule has 32 heavy (non-hydrogen) atoms. The molecule has 4 rings (SSSR count). The third-order valence-electron chi connectivity index (χ3n) is 5.56. The van der Waals surface area contributed by atoms with E-state index in [0.717, 1.165) is 24.1 Å². The first-order valence-corrected chi connectivity index (χ1v) is 10.7. The molecule has 2 aromatic heterocycles. The van der Waals surface area contributed by atoms with Gasteiger partial charge in [0.15, 0.2) is 17.0 Å². The van der Waals surface area contributed by atoms with Crippen molar-refractivity contribution in [3.63, 3.8) is 0 Å². The number of likely N-dealkylation sites (tertiary alicyclic amines) is 1. The van der Waals surface area contributed by atoms with Crippen LogP contribution in [0.1, 0.15) is 30.9 Å². The number of piperidine rings is 1. The van der Waals surface area contributed by atoms with Crippen molar-refractivity contribution in [2.75, 3.05) is 39.1 Å². The molecule has 172 valence electrons. The van der Waals surface area contributed by atoms with E-state index in [9.17, 15) is 9.50 Å². The average molecular weight is 445 g/mol. The zero-order valence-corrected chi connectivity index (χ0v) is 18.4. The smallest absolute Gasteiger partial charge is 0.320 e. The van der Waals surface area contributed by atoms with Crippen molar-refractivity contribution in [2.24, 2.45) is 0 Å². The van der Waals surface area contributed by atoms with Gasteiger partial charge in [0.2, 0.25) is 0 Å². The SMILES string of the molecule is COCCOc1nc(N)c2nc(O)n(Cc3cccc(CN4CCCC(C)(F)C4)c3)c2n1. The molecule has 1 saturated heterocycles. The molecule has 0 bridgehead atoms. The Bertz CT molecular complexity index is 1090. The predicted molar refractivity (Wildman–Crippen MR) is 118 cm³/mol. The van der Waals surface area contributed by atoms with Crippen LogP contribution in [0.25, 0.3) is 11.2 Å². The first kappa shape index (κ1) is 22.2. The number of methoxy groups -OCH3 is 1. The number of nitrogen functional groups attached to an aromatic ring is 1. The van der Waals surface area contributed by atoms with Crippen LogP contribution in [-0.4, -0.2) is 68.6 Å². The van der Waals surface area contributed by atoms with Crippen LogP contribution in [0.3, 0.4) is 0 Å². The highest BCUT2D eigenvalue weighted by Crippen LogP contribution is 2.27. The predicted octanol–water partition coefficient (Wildman–Crippen LogP) is 2.51. The maximum Gasteiger partial charge on any atom is 0.320 e. The van der Waals surface area contributed by atoms with Crippen molar-refractivity contribution in [2.45, 2.75) is 38.5 Å². The van der Waals surface area contributed by atoms with Gasteiger partial charge in [0.05, 0.1) is 13.2 Å². The van der Waals surface area contributed by atoms with Crippen molar-refractivity contribution >= 4 is 17.0 Å². The van der Waals surface area contributed by atoms with Crippen LogP contribution in [0.4, 0.5) is 10.2 Å². The molecular formula is C22H29FN6O3. The van der Waals surface area contributed by atoms with Crippen LogP contribution >= 0.6 is 0 Å². The molecule has 3 heterocycles. The van der Waals surface area contributed by atoms with Gasteiger partial charge in [0, 0.05) is 20.2 Å². The van der Waals surface area contributed by atoms with Crippen molar-refractivity contribution in [3.05, 3.63) is 35.4 Å².